The Balaban J connectivity index is 2.18. The zero-order valence-corrected chi connectivity index (χ0v) is 14.6. The Labute approximate surface area is 137 Å². The van der Waals surface area contributed by atoms with Crippen LogP contribution in [0.25, 0.3) is 0 Å². The van der Waals surface area contributed by atoms with Crippen LogP contribution in [0.3, 0.4) is 0 Å². The van der Waals surface area contributed by atoms with Crippen LogP contribution in [0.15, 0.2) is 29.2 Å². The topological polar surface area (TPSA) is 75.7 Å². The van der Waals surface area contributed by atoms with Gasteiger partial charge in [-0.05, 0) is 37.5 Å². The SMILES string of the molecule is COCCNS(=O)(=O)c1cccc(C(=O)N2C[C@@H](C)C[C@H]2C)c1. The molecule has 7 heteroatoms. The molecule has 2 atom stereocenters. The second kappa shape index (κ2) is 7.42. The average Bonchev–Trinajstić information content (AvgIpc) is 2.85. The smallest absolute Gasteiger partial charge is 0.254 e. The molecule has 1 aliphatic rings. The molecule has 1 fully saturated rings. The van der Waals surface area contributed by atoms with Gasteiger partial charge in [0.15, 0.2) is 0 Å². The first kappa shape index (κ1) is 17.9. The molecular formula is C16H24N2O4S. The van der Waals surface area contributed by atoms with Gasteiger partial charge in [-0.2, -0.15) is 0 Å². The monoisotopic (exact) mass is 340 g/mol. The van der Waals surface area contributed by atoms with Gasteiger partial charge in [-0.1, -0.05) is 13.0 Å². The van der Waals surface area contributed by atoms with Gasteiger partial charge in [0, 0.05) is 31.8 Å². The summed E-state index contributed by atoms with van der Waals surface area (Å²) in [5, 5.41) is 0. The highest BCUT2D eigenvalue weighted by Gasteiger charge is 2.30. The minimum absolute atomic E-state index is 0.0966. The Morgan fingerprint density at radius 1 is 1.39 bits per heavy atom. The molecule has 0 spiro atoms. The molecule has 6 nitrogen and oxygen atoms in total. The molecule has 2 rings (SSSR count). The van der Waals surface area contributed by atoms with E-state index in [-0.39, 0.29) is 23.4 Å². The Morgan fingerprint density at radius 3 is 2.74 bits per heavy atom. The maximum atomic E-state index is 12.6. The number of rotatable bonds is 6. The quantitative estimate of drug-likeness (QED) is 0.796. The third kappa shape index (κ3) is 4.31. The summed E-state index contributed by atoms with van der Waals surface area (Å²) in [5.41, 5.74) is 0.403. The van der Waals surface area contributed by atoms with Crippen LogP contribution >= 0.6 is 0 Å². The number of methoxy groups -OCH3 is 1. The number of carbonyl (C=O) groups excluding carboxylic acids is 1. The lowest BCUT2D eigenvalue weighted by Crippen LogP contribution is -2.34. The van der Waals surface area contributed by atoms with Crippen molar-refractivity contribution < 1.29 is 17.9 Å². The maximum absolute atomic E-state index is 12.6. The van der Waals surface area contributed by atoms with E-state index in [4.69, 9.17) is 4.74 Å². The van der Waals surface area contributed by atoms with E-state index in [0.717, 1.165) is 6.42 Å². The molecule has 0 radical (unpaired) electrons. The number of amides is 1. The van der Waals surface area contributed by atoms with Gasteiger partial charge < -0.3 is 9.64 Å². The van der Waals surface area contributed by atoms with Gasteiger partial charge in [-0.25, -0.2) is 13.1 Å². The number of sulfonamides is 1. The van der Waals surface area contributed by atoms with Crippen molar-refractivity contribution in [2.75, 3.05) is 26.8 Å². The van der Waals surface area contributed by atoms with Crippen LogP contribution in [-0.2, 0) is 14.8 Å². The normalized spacial score (nSPS) is 21.6. The first-order chi connectivity index (χ1) is 10.8. The summed E-state index contributed by atoms with van der Waals surface area (Å²) < 4.78 is 31.7. The van der Waals surface area contributed by atoms with Crippen molar-refractivity contribution in [2.45, 2.75) is 31.2 Å². The minimum Gasteiger partial charge on any atom is -0.383 e. The summed E-state index contributed by atoms with van der Waals surface area (Å²) in [6.07, 6.45) is 0.975. The lowest BCUT2D eigenvalue weighted by atomic mass is 10.1. The molecule has 0 bridgehead atoms. The van der Waals surface area contributed by atoms with E-state index in [2.05, 4.69) is 11.6 Å². The lowest BCUT2D eigenvalue weighted by Gasteiger charge is -2.21. The summed E-state index contributed by atoms with van der Waals surface area (Å²) in [5.74, 6) is 0.354. The molecule has 1 aromatic carbocycles. The van der Waals surface area contributed by atoms with E-state index in [1.165, 1.54) is 19.2 Å². The standard InChI is InChI=1S/C16H24N2O4S/c1-12-9-13(2)18(11-12)16(19)14-5-4-6-15(10-14)23(20,21)17-7-8-22-3/h4-6,10,12-13,17H,7-9,11H2,1-3H3/t12-,13+/m0/s1. The van der Waals surface area contributed by atoms with E-state index in [0.29, 0.717) is 24.6 Å². The van der Waals surface area contributed by atoms with Crippen molar-refractivity contribution in [1.29, 1.82) is 0 Å². The summed E-state index contributed by atoms with van der Waals surface area (Å²) in [6.45, 7) is 5.33. The molecule has 1 N–H and O–H groups in total. The third-order valence-corrected chi connectivity index (χ3v) is 5.49. The Kier molecular flexibility index (Phi) is 5.78. The van der Waals surface area contributed by atoms with Gasteiger partial charge in [0.25, 0.3) is 5.91 Å². The second-order valence-electron chi connectivity index (χ2n) is 6.07. The van der Waals surface area contributed by atoms with Crippen molar-refractivity contribution in [3.05, 3.63) is 29.8 Å². The zero-order valence-electron chi connectivity index (χ0n) is 13.8. The van der Waals surface area contributed by atoms with E-state index >= 15 is 0 Å². The number of nitrogens with one attached hydrogen (secondary N) is 1. The number of hydrogen-bond donors (Lipinski definition) is 1. The molecule has 0 saturated carbocycles. The predicted octanol–water partition coefficient (Wildman–Crippen LogP) is 1.48. The van der Waals surface area contributed by atoms with Crippen LogP contribution in [-0.4, -0.2) is 52.1 Å². The predicted molar refractivity (Wildman–Crippen MR) is 87.8 cm³/mol. The van der Waals surface area contributed by atoms with E-state index < -0.39 is 10.0 Å². The summed E-state index contributed by atoms with van der Waals surface area (Å²) in [4.78, 5) is 14.5. The van der Waals surface area contributed by atoms with E-state index in [9.17, 15) is 13.2 Å². The number of carbonyl (C=O) groups is 1. The van der Waals surface area contributed by atoms with Crippen molar-refractivity contribution in [2.24, 2.45) is 5.92 Å². The number of ether oxygens (including phenoxy) is 1. The Bertz CT molecular complexity index is 660. The van der Waals surface area contributed by atoms with E-state index in [1.807, 2.05) is 11.8 Å². The summed E-state index contributed by atoms with van der Waals surface area (Å²) in [7, 11) is -2.13. The van der Waals surface area contributed by atoms with Crippen LogP contribution in [0.1, 0.15) is 30.6 Å². The first-order valence-electron chi connectivity index (χ1n) is 7.75. The minimum atomic E-state index is -3.64. The van der Waals surface area contributed by atoms with Crippen molar-refractivity contribution in [3.63, 3.8) is 0 Å². The van der Waals surface area contributed by atoms with Crippen LogP contribution in [0.2, 0.25) is 0 Å². The lowest BCUT2D eigenvalue weighted by molar-refractivity contribution is 0.0743. The van der Waals surface area contributed by atoms with Gasteiger partial charge >= 0.3 is 0 Å². The van der Waals surface area contributed by atoms with Crippen molar-refractivity contribution in [3.8, 4) is 0 Å². The fourth-order valence-electron chi connectivity index (χ4n) is 2.91. The van der Waals surface area contributed by atoms with Gasteiger partial charge in [0.1, 0.15) is 0 Å². The van der Waals surface area contributed by atoms with Gasteiger partial charge in [-0.15, -0.1) is 0 Å². The fraction of sp³-hybridized carbons (Fsp3) is 0.562. The van der Waals surface area contributed by atoms with Crippen LogP contribution in [0.4, 0.5) is 0 Å². The highest BCUT2D eigenvalue weighted by atomic mass is 32.2. The highest BCUT2D eigenvalue weighted by Crippen LogP contribution is 2.24. The molecule has 1 amide bonds. The molecule has 0 unspecified atom stereocenters. The fourth-order valence-corrected chi connectivity index (χ4v) is 3.96. The number of nitrogens with zero attached hydrogens (tertiary/aromatic N) is 1. The summed E-state index contributed by atoms with van der Waals surface area (Å²) in [6, 6.07) is 6.36. The van der Waals surface area contributed by atoms with Gasteiger partial charge in [0.2, 0.25) is 10.0 Å². The Morgan fingerprint density at radius 2 is 2.13 bits per heavy atom. The zero-order chi connectivity index (χ0) is 17.0. The molecule has 0 aliphatic carbocycles. The molecule has 128 valence electrons. The first-order valence-corrected chi connectivity index (χ1v) is 9.23. The largest absolute Gasteiger partial charge is 0.383 e. The molecule has 1 aliphatic heterocycles. The molecule has 0 aromatic heterocycles. The average molecular weight is 340 g/mol. The second-order valence-corrected chi connectivity index (χ2v) is 7.83. The number of hydrogen-bond acceptors (Lipinski definition) is 4. The molecule has 23 heavy (non-hydrogen) atoms. The van der Waals surface area contributed by atoms with Crippen LogP contribution in [0.5, 0.6) is 0 Å². The molecule has 1 heterocycles. The molecule has 1 saturated heterocycles. The molecular weight excluding hydrogens is 316 g/mol. The van der Waals surface area contributed by atoms with E-state index in [1.54, 1.807) is 12.1 Å². The highest BCUT2D eigenvalue weighted by molar-refractivity contribution is 7.89. The van der Waals surface area contributed by atoms with Crippen LogP contribution < -0.4 is 4.72 Å². The van der Waals surface area contributed by atoms with Crippen LogP contribution in [0, 0.1) is 5.92 Å². The summed E-state index contributed by atoms with van der Waals surface area (Å²) >= 11 is 0. The van der Waals surface area contributed by atoms with Crippen molar-refractivity contribution in [1.82, 2.24) is 9.62 Å². The number of likely N-dealkylation sites (tertiary alicyclic amines) is 1. The third-order valence-electron chi connectivity index (χ3n) is 4.03. The van der Waals surface area contributed by atoms with Gasteiger partial charge in [0.05, 0.1) is 11.5 Å². The maximum Gasteiger partial charge on any atom is 0.254 e. The number of benzene rings is 1. The Hall–Kier alpha value is -1.44. The molecule has 1 aromatic rings. The van der Waals surface area contributed by atoms with Crippen molar-refractivity contribution >= 4 is 15.9 Å². The van der Waals surface area contributed by atoms with Gasteiger partial charge in [-0.3, -0.25) is 4.79 Å².